The average molecular weight is 401 g/mol. The van der Waals surface area contributed by atoms with E-state index in [1.807, 2.05) is 25.7 Å². The number of nitrogens with zero attached hydrogens (tertiary/aromatic N) is 2. The Balaban J connectivity index is 2.33. The summed E-state index contributed by atoms with van der Waals surface area (Å²) in [5.74, 6) is 0. The summed E-state index contributed by atoms with van der Waals surface area (Å²) in [5.41, 5.74) is 4.85. The minimum atomic E-state index is 0.272. The van der Waals surface area contributed by atoms with Crippen LogP contribution in [-0.2, 0) is 13.5 Å². The highest BCUT2D eigenvalue weighted by atomic mass is 79.9. The van der Waals surface area contributed by atoms with Crippen molar-refractivity contribution in [3.63, 3.8) is 0 Å². The van der Waals surface area contributed by atoms with E-state index in [9.17, 15) is 0 Å². The molecule has 1 atom stereocenters. The van der Waals surface area contributed by atoms with Crippen LogP contribution in [0.4, 0.5) is 0 Å². The Hall–Kier alpha value is -0.650. The number of aryl methyl sites for hydroxylation is 3. The highest BCUT2D eigenvalue weighted by Crippen LogP contribution is 2.28. The highest BCUT2D eigenvalue weighted by Gasteiger charge is 2.18. The largest absolute Gasteiger partial charge is 0.313 e. The SMILES string of the molecule is CNC(Cc1c(Br)c(C)nn1C)c1ccc(Br)cc1C. The first-order valence-electron chi connectivity index (χ1n) is 6.55. The predicted molar refractivity (Wildman–Crippen MR) is 90.0 cm³/mol. The van der Waals surface area contributed by atoms with Crippen LogP contribution in [0.1, 0.15) is 28.6 Å². The first kappa shape index (κ1) is 15.7. The van der Waals surface area contributed by atoms with Crippen LogP contribution in [0.2, 0.25) is 0 Å². The van der Waals surface area contributed by atoms with Crippen molar-refractivity contribution in [2.75, 3.05) is 7.05 Å². The summed E-state index contributed by atoms with van der Waals surface area (Å²) in [4.78, 5) is 0. The maximum Gasteiger partial charge on any atom is 0.0738 e. The normalized spacial score (nSPS) is 12.7. The zero-order chi connectivity index (χ0) is 14.9. The van der Waals surface area contributed by atoms with Gasteiger partial charge in [0.1, 0.15) is 0 Å². The van der Waals surface area contributed by atoms with Crippen molar-refractivity contribution in [3.8, 4) is 0 Å². The van der Waals surface area contributed by atoms with Crippen LogP contribution in [0.25, 0.3) is 0 Å². The number of rotatable bonds is 4. The highest BCUT2D eigenvalue weighted by molar-refractivity contribution is 9.10. The van der Waals surface area contributed by atoms with E-state index in [1.54, 1.807) is 0 Å². The lowest BCUT2D eigenvalue weighted by Gasteiger charge is -2.19. The smallest absolute Gasteiger partial charge is 0.0738 e. The molecule has 0 radical (unpaired) electrons. The predicted octanol–water partition coefficient (Wildman–Crippen LogP) is 4.07. The Morgan fingerprint density at radius 3 is 2.50 bits per heavy atom. The molecule has 1 aromatic heterocycles. The van der Waals surface area contributed by atoms with Gasteiger partial charge in [-0.25, -0.2) is 0 Å². The van der Waals surface area contributed by atoms with Crippen molar-refractivity contribution < 1.29 is 0 Å². The van der Waals surface area contributed by atoms with E-state index in [2.05, 4.69) is 67.4 Å². The van der Waals surface area contributed by atoms with E-state index in [0.29, 0.717) is 0 Å². The van der Waals surface area contributed by atoms with Crippen LogP contribution in [0, 0.1) is 13.8 Å². The van der Waals surface area contributed by atoms with E-state index in [4.69, 9.17) is 0 Å². The Morgan fingerprint density at radius 2 is 2.00 bits per heavy atom. The number of benzene rings is 1. The van der Waals surface area contributed by atoms with Gasteiger partial charge in [0, 0.05) is 24.0 Å². The summed E-state index contributed by atoms with van der Waals surface area (Å²) in [6.45, 7) is 4.17. The van der Waals surface area contributed by atoms with Gasteiger partial charge in [0.25, 0.3) is 0 Å². The van der Waals surface area contributed by atoms with Crippen molar-refractivity contribution in [2.45, 2.75) is 26.3 Å². The summed E-state index contributed by atoms with van der Waals surface area (Å²) >= 11 is 7.16. The van der Waals surface area contributed by atoms with Gasteiger partial charge >= 0.3 is 0 Å². The fourth-order valence-electron chi connectivity index (χ4n) is 2.49. The van der Waals surface area contributed by atoms with Gasteiger partial charge in [-0.2, -0.15) is 5.10 Å². The van der Waals surface area contributed by atoms with Crippen LogP contribution >= 0.6 is 31.9 Å². The summed E-state index contributed by atoms with van der Waals surface area (Å²) in [6, 6.07) is 6.70. The van der Waals surface area contributed by atoms with E-state index in [0.717, 1.165) is 21.1 Å². The Labute approximate surface area is 137 Å². The standard InChI is InChI=1S/C15H19Br2N3/c1-9-7-11(16)5-6-12(9)13(18-3)8-14-15(17)10(2)19-20(14)4/h5-7,13,18H,8H2,1-4H3. The molecule has 1 unspecified atom stereocenters. The average Bonchev–Trinajstić information content (AvgIpc) is 2.62. The molecule has 0 aliphatic heterocycles. The van der Waals surface area contributed by atoms with Gasteiger partial charge in [0.05, 0.1) is 15.9 Å². The first-order chi connectivity index (χ1) is 9.43. The quantitative estimate of drug-likeness (QED) is 0.838. The fraction of sp³-hybridized carbons (Fsp3) is 0.400. The Morgan fingerprint density at radius 1 is 1.30 bits per heavy atom. The van der Waals surface area contributed by atoms with Gasteiger partial charge in [-0.3, -0.25) is 4.68 Å². The third kappa shape index (κ3) is 3.15. The molecule has 2 rings (SSSR count). The van der Waals surface area contributed by atoms with Crippen molar-refractivity contribution in [1.82, 2.24) is 15.1 Å². The number of halogens is 2. The molecular formula is C15H19Br2N3. The van der Waals surface area contributed by atoms with E-state index in [1.165, 1.54) is 16.8 Å². The second-order valence-electron chi connectivity index (χ2n) is 5.02. The maximum atomic E-state index is 4.46. The van der Waals surface area contributed by atoms with Crippen molar-refractivity contribution in [3.05, 3.63) is 49.7 Å². The van der Waals surface area contributed by atoms with Gasteiger partial charge in [-0.15, -0.1) is 0 Å². The van der Waals surface area contributed by atoms with Crippen LogP contribution in [0.3, 0.4) is 0 Å². The number of hydrogen-bond donors (Lipinski definition) is 1. The molecule has 20 heavy (non-hydrogen) atoms. The maximum absolute atomic E-state index is 4.46. The molecule has 3 nitrogen and oxygen atoms in total. The number of hydrogen-bond acceptors (Lipinski definition) is 2. The molecule has 0 bridgehead atoms. The topological polar surface area (TPSA) is 29.9 Å². The van der Waals surface area contributed by atoms with Gasteiger partial charge in [0.2, 0.25) is 0 Å². The monoisotopic (exact) mass is 399 g/mol. The lowest BCUT2D eigenvalue weighted by atomic mass is 9.97. The van der Waals surface area contributed by atoms with Gasteiger partial charge < -0.3 is 5.32 Å². The molecule has 1 aromatic carbocycles. The van der Waals surface area contributed by atoms with E-state index in [-0.39, 0.29) is 6.04 Å². The van der Waals surface area contributed by atoms with Gasteiger partial charge in [-0.1, -0.05) is 22.0 Å². The third-order valence-corrected chi connectivity index (χ3v) is 5.14. The molecule has 0 saturated heterocycles. The first-order valence-corrected chi connectivity index (χ1v) is 8.14. The molecular weight excluding hydrogens is 382 g/mol. The molecule has 108 valence electrons. The Bertz CT molecular complexity index is 620. The van der Waals surface area contributed by atoms with Crippen LogP contribution < -0.4 is 5.32 Å². The molecule has 1 heterocycles. The van der Waals surface area contributed by atoms with Gasteiger partial charge in [0.15, 0.2) is 0 Å². The molecule has 0 aliphatic carbocycles. The van der Waals surface area contributed by atoms with E-state index >= 15 is 0 Å². The van der Waals surface area contributed by atoms with Gasteiger partial charge in [-0.05, 0) is 60.1 Å². The van der Waals surface area contributed by atoms with E-state index < -0.39 is 0 Å². The summed E-state index contributed by atoms with van der Waals surface area (Å²) < 4.78 is 4.18. The fourth-order valence-corrected chi connectivity index (χ4v) is 3.47. The van der Waals surface area contributed by atoms with Crippen LogP contribution in [0.5, 0.6) is 0 Å². The Kier molecular flexibility index (Phi) is 5.04. The summed E-state index contributed by atoms with van der Waals surface area (Å²) in [6.07, 6.45) is 0.900. The molecule has 0 saturated carbocycles. The number of likely N-dealkylation sites (N-methyl/N-ethyl adjacent to an activating group) is 1. The molecule has 2 aromatic rings. The zero-order valence-electron chi connectivity index (χ0n) is 12.2. The molecule has 0 spiro atoms. The number of nitrogens with one attached hydrogen (secondary N) is 1. The molecule has 0 fully saturated rings. The molecule has 1 N–H and O–H groups in total. The number of aromatic nitrogens is 2. The second-order valence-corrected chi connectivity index (χ2v) is 6.72. The minimum absolute atomic E-state index is 0.272. The summed E-state index contributed by atoms with van der Waals surface area (Å²) in [7, 11) is 4.00. The summed E-state index contributed by atoms with van der Waals surface area (Å²) in [5, 5.41) is 7.88. The van der Waals surface area contributed by atoms with Crippen molar-refractivity contribution in [2.24, 2.45) is 7.05 Å². The molecule has 0 amide bonds. The van der Waals surface area contributed by atoms with Crippen molar-refractivity contribution in [1.29, 1.82) is 0 Å². The lowest BCUT2D eigenvalue weighted by molar-refractivity contribution is 0.558. The third-order valence-electron chi connectivity index (χ3n) is 3.61. The molecule has 0 aliphatic rings. The minimum Gasteiger partial charge on any atom is -0.313 e. The second kappa shape index (κ2) is 6.41. The van der Waals surface area contributed by atoms with Crippen LogP contribution in [-0.4, -0.2) is 16.8 Å². The lowest BCUT2D eigenvalue weighted by Crippen LogP contribution is -2.21. The zero-order valence-corrected chi connectivity index (χ0v) is 15.3. The molecule has 5 heteroatoms. The van der Waals surface area contributed by atoms with Crippen LogP contribution in [0.15, 0.2) is 27.1 Å². The van der Waals surface area contributed by atoms with Crippen molar-refractivity contribution >= 4 is 31.9 Å².